The first-order valence-electron chi connectivity index (χ1n) is 9.83. The van der Waals surface area contributed by atoms with Crippen LogP contribution < -0.4 is 21.4 Å². The van der Waals surface area contributed by atoms with Crippen LogP contribution in [0.4, 0.5) is 4.79 Å². The zero-order valence-electron chi connectivity index (χ0n) is 18.5. The lowest BCUT2D eigenvalue weighted by atomic mass is 9.82. The van der Waals surface area contributed by atoms with Crippen LogP contribution in [-0.2, 0) is 14.9 Å². The van der Waals surface area contributed by atoms with Gasteiger partial charge in [0.2, 0.25) is 0 Å². The van der Waals surface area contributed by atoms with Crippen molar-refractivity contribution in [3.63, 3.8) is 0 Å². The largest absolute Gasteiger partial charge is 0.507 e. The van der Waals surface area contributed by atoms with Gasteiger partial charge in [0, 0.05) is 23.9 Å². The molecule has 2 rings (SSSR count). The molecule has 1 aliphatic rings. The van der Waals surface area contributed by atoms with Gasteiger partial charge in [-0.3, -0.25) is 5.43 Å². The molecule has 1 aromatic rings. The maximum Gasteiger partial charge on any atom is 0.338 e. The molecule has 1 unspecified atom stereocenters. The van der Waals surface area contributed by atoms with Gasteiger partial charge >= 0.3 is 12.0 Å². The van der Waals surface area contributed by atoms with Crippen LogP contribution in [-0.4, -0.2) is 42.1 Å². The number of carbonyl (C=O) groups is 2. The van der Waals surface area contributed by atoms with Crippen LogP contribution >= 0.6 is 12.2 Å². The molecule has 5 N–H and O–H groups in total. The van der Waals surface area contributed by atoms with E-state index in [1.165, 1.54) is 6.21 Å². The molecule has 10 heteroatoms. The monoisotopic (exact) mass is 447 g/mol. The van der Waals surface area contributed by atoms with Gasteiger partial charge in [0.15, 0.2) is 5.11 Å². The van der Waals surface area contributed by atoms with Crippen molar-refractivity contribution in [2.45, 2.75) is 46.1 Å². The topological polar surface area (TPSA) is 124 Å². The van der Waals surface area contributed by atoms with Gasteiger partial charge in [0.1, 0.15) is 5.75 Å². The summed E-state index contributed by atoms with van der Waals surface area (Å²) in [4.78, 5) is 24.8. The standard InChI is InChI=1S/C21H29N5O4S/c1-7-30-18(28)15-11(2)24-19(29)25-16(15)12-8-13(10-23-26-20(31)22-6)17(27)14(9-12)21(3,4)5/h8-10,16,27H,7H2,1-6H3,(H2,22,26,31)(H2,24,25,29)/b23-10+. The predicted octanol–water partition coefficient (Wildman–Crippen LogP) is 2.31. The number of nitrogens with one attached hydrogen (secondary N) is 4. The highest BCUT2D eigenvalue weighted by atomic mass is 32.1. The number of nitrogens with zero attached hydrogens (tertiary/aromatic N) is 1. The number of benzene rings is 1. The highest BCUT2D eigenvalue weighted by Crippen LogP contribution is 2.37. The van der Waals surface area contributed by atoms with Gasteiger partial charge in [0.05, 0.1) is 24.4 Å². The van der Waals surface area contributed by atoms with Gasteiger partial charge in [-0.15, -0.1) is 0 Å². The average Bonchev–Trinajstić information content (AvgIpc) is 2.67. The van der Waals surface area contributed by atoms with Gasteiger partial charge in [-0.1, -0.05) is 20.8 Å². The van der Waals surface area contributed by atoms with E-state index in [2.05, 4.69) is 26.5 Å². The van der Waals surface area contributed by atoms with E-state index in [0.717, 1.165) is 0 Å². The molecule has 0 saturated carbocycles. The van der Waals surface area contributed by atoms with Crippen molar-refractivity contribution < 1.29 is 19.4 Å². The van der Waals surface area contributed by atoms with E-state index >= 15 is 0 Å². The summed E-state index contributed by atoms with van der Waals surface area (Å²) in [6, 6.07) is 2.26. The summed E-state index contributed by atoms with van der Waals surface area (Å²) >= 11 is 5.00. The van der Waals surface area contributed by atoms with Crippen LogP contribution in [0.2, 0.25) is 0 Å². The molecule has 1 atom stereocenters. The van der Waals surface area contributed by atoms with Crippen molar-refractivity contribution in [2.75, 3.05) is 13.7 Å². The fourth-order valence-electron chi connectivity index (χ4n) is 3.16. The number of hydrogen-bond donors (Lipinski definition) is 5. The van der Waals surface area contributed by atoms with E-state index in [1.807, 2.05) is 20.8 Å². The third-order valence-electron chi connectivity index (χ3n) is 4.66. The number of ether oxygens (including phenoxy) is 1. The van der Waals surface area contributed by atoms with Gasteiger partial charge < -0.3 is 25.8 Å². The van der Waals surface area contributed by atoms with E-state index in [0.29, 0.717) is 33.1 Å². The Morgan fingerprint density at radius 1 is 1.39 bits per heavy atom. The number of phenols is 1. The molecule has 9 nitrogen and oxygen atoms in total. The predicted molar refractivity (Wildman–Crippen MR) is 123 cm³/mol. The SMILES string of the molecule is CCOC(=O)C1=C(C)NC(=O)NC1c1cc(/C=N/NC(=S)NC)c(O)c(C(C)(C)C)c1. The van der Waals surface area contributed by atoms with Crippen LogP contribution in [0.5, 0.6) is 5.75 Å². The molecule has 0 bridgehead atoms. The normalized spacial score (nSPS) is 16.6. The molecule has 2 amide bonds. The minimum Gasteiger partial charge on any atom is -0.507 e. The van der Waals surface area contributed by atoms with Gasteiger partial charge in [-0.2, -0.15) is 5.10 Å². The lowest BCUT2D eigenvalue weighted by Gasteiger charge is -2.30. The molecule has 1 aromatic carbocycles. The van der Waals surface area contributed by atoms with Gasteiger partial charge in [0.25, 0.3) is 0 Å². The van der Waals surface area contributed by atoms with Crippen LogP contribution in [0.3, 0.4) is 0 Å². The maximum atomic E-state index is 12.6. The zero-order valence-corrected chi connectivity index (χ0v) is 19.4. The maximum absolute atomic E-state index is 12.6. The lowest BCUT2D eigenvalue weighted by Crippen LogP contribution is -2.45. The van der Waals surface area contributed by atoms with Gasteiger partial charge in [-0.25, -0.2) is 9.59 Å². The summed E-state index contributed by atoms with van der Waals surface area (Å²) in [5.74, 6) is -0.477. The molecule has 31 heavy (non-hydrogen) atoms. The number of urea groups is 1. The molecule has 0 saturated heterocycles. The van der Waals surface area contributed by atoms with Crippen molar-refractivity contribution in [3.8, 4) is 5.75 Å². The Bertz CT molecular complexity index is 950. The highest BCUT2D eigenvalue weighted by Gasteiger charge is 2.33. The van der Waals surface area contributed by atoms with E-state index in [-0.39, 0.29) is 12.4 Å². The number of hydrazone groups is 1. The first kappa shape index (κ1) is 24.1. The Labute approximate surface area is 187 Å². The van der Waals surface area contributed by atoms with Crippen LogP contribution in [0.1, 0.15) is 57.4 Å². The van der Waals surface area contributed by atoms with E-state index in [9.17, 15) is 14.7 Å². The van der Waals surface area contributed by atoms with Crippen molar-refractivity contribution in [3.05, 3.63) is 40.1 Å². The molecule has 1 aliphatic heterocycles. The number of allylic oxidation sites excluding steroid dienone is 1. The second kappa shape index (κ2) is 9.78. The van der Waals surface area contributed by atoms with E-state index < -0.39 is 23.5 Å². The summed E-state index contributed by atoms with van der Waals surface area (Å²) in [5, 5.41) is 23.4. The molecule has 0 spiro atoms. The van der Waals surface area contributed by atoms with Crippen molar-refractivity contribution in [2.24, 2.45) is 5.10 Å². The molecular weight excluding hydrogens is 418 g/mol. The Kier molecular flexibility index (Phi) is 7.61. The Morgan fingerprint density at radius 2 is 2.06 bits per heavy atom. The minimum absolute atomic E-state index is 0.0517. The van der Waals surface area contributed by atoms with E-state index in [4.69, 9.17) is 17.0 Å². The average molecular weight is 448 g/mol. The number of phenolic OH excluding ortho intramolecular Hbond substituents is 1. The molecule has 168 valence electrons. The van der Waals surface area contributed by atoms with E-state index in [1.54, 1.807) is 33.0 Å². The van der Waals surface area contributed by atoms with Crippen LogP contribution in [0.15, 0.2) is 28.5 Å². The highest BCUT2D eigenvalue weighted by molar-refractivity contribution is 7.80. The third-order valence-corrected chi connectivity index (χ3v) is 4.96. The Balaban J connectivity index is 2.64. The fraction of sp³-hybridized carbons (Fsp3) is 0.429. The summed E-state index contributed by atoms with van der Waals surface area (Å²) in [5.41, 5.74) is 4.57. The molecule has 1 heterocycles. The minimum atomic E-state index is -0.756. The molecule has 0 radical (unpaired) electrons. The Morgan fingerprint density at radius 3 is 2.65 bits per heavy atom. The number of rotatable bonds is 5. The first-order valence-corrected chi connectivity index (χ1v) is 10.2. The van der Waals surface area contributed by atoms with Crippen molar-refractivity contribution >= 4 is 35.5 Å². The number of hydrogen-bond acceptors (Lipinski definition) is 6. The number of thiocarbonyl (C=S) groups is 1. The molecule has 0 aliphatic carbocycles. The van der Waals surface area contributed by atoms with Crippen LogP contribution in [0, 0.1) is 0 Å². The number of esters is 1. The number of carbonyl (C=O) groups excluding carboxylic acids is 2. The molecular formula is C21H29N5O4S. The quantitative estimate of drug-likeness (QED) is 0.203. The van der Waals surface area contributed by atoms with Crippen molar-refractivity contribution in [1.82, 2.24) is 21.4 Å². The summed E-state index contributed by atoms with van der Waals surface area (Å²) in [6.07, 6.45) is 1.43. The van der Waals surface area contributed by atoms with Crippen molar-refractivity contribution in [1.29, 1.82) is 0 Å². The summed E-state index contributed by atoms with van der Waals surface area (Å²) in [7, 11) is 1.66. The lowest BCUT2D eigenvalue weighted by molar-refractivity contribution is -0.139. The molecule has 0 aromatic heterocycles. The first-order chi connectivity index (χ1) is 14.5. The Hall–Kier alpha value is -3.14. The summed E-state index contributed by atoms with van der Waals surface area (Å²) in [6.45, 7) is 9.43. The van der Waals surface area contributed by atoms with Crippen LogP contribution in [0.25, 0.3) is 0 Å². The zero-order chi connectivity index (χ0) is 23.3. The number of aromatic hydroxyl groups is 1. The fourth-order valence-corrected chi connectivity index (χ4v) is 3.21. The second-order valence-electron chi connectivity index (χ2n) is 8.00. The summed E-state index contributed by atoms with van der Waals surface area (Å²) < 4.78 is 5.20. The second-order valence-corrected chi connectivity index (χ2v) is 8.40. The molecule has 0 fully saturated rings. The number of amides is 2. The third kappa shape index (κ3) is 5.72. The van der Waals surface area contributed by atoms with Gasteiger partial charge in [-0.05, 0) is 49.2 Å². The smallest absolute Gasteiger partial charge is 0.338 e.